The topological polar surface area (TPSA) is 3.24 Å². The van der Waals surface area contributed by atoms with Crippen molar-refractivity contribution in [2.75, 3.05) is 13.6 Å². The second-order valence-electron chi connectivity index (χ2n) is 8.99. The summed E-state index contributed by atoms with van der Waals surface area (Å²) in [5.41, 5.74) is 7.21. The van der Waals surface area contributed by atoms with Crippen LogP contribution in [0.1, 0.15) is 67.7 Å². The Hall–Kier alpha value is -0.950. The smallest absolute Gasteiger partial charge is 0.0465 e. The van der Waals surface area contributed by atoms with Crippen molar-refractivity contribution in [3.63, 3.8) is 0 Å². The average molecular weight is 348 g/mol. The van der Waals surface area contributed by atoms with Crippen LogP contribution in [0.2, 0.25) is 0 Å². The van der Waals surface area contributed by atoms with Crippen LogP contribution < -0.4 is 0 Å². The maximum absolute atomic E-state index is 6.75. The highest BCUT2D eigenvalue weighted by atomic mass is 35.5. The molecule has 0 radical (unpaired) electrons. The van der Waals surface area contributed by atoms with Gasteiger partial charge in [-0.05, 0) is 68.2 Å². The summed E-state index contributed by atoms with van der Waals surface area (Å²) in [5.74, 6) is 0. The van der Waals surface area contributed by atoms with Crippen LogP contribution in [0.4, 0.5) is 0 Å². The number of rotatable bonds is 3. The molecule has 0 N–H and O–H groups in total. The first-order valence-electron chi connectivity index (χ1n) is 9.14. The van der Waals surface area contributed by atoms with Crippen molar-refractivity contribution >= 4 is 11.6 Å². The summed E-state index contributed by atoms with van der Waals surface area (Å²) in [6.07, 6.45) is 8.25. The van der Waals surface area contributed by atoms with Crippen molar-refractivity contribution in [1.82, 2.24) is 4.90 Å². The molecule has 1 aliphatic carbocycles. The van der Waals surface area contributed by atoms with E-state index in [0.717, 1.165) is 17.2 Å². The van der Waals surface area contributed by atoms with Crippen LogP contribution in [-0.2, 0) is 0 Å². The van der Waals surface area contributed by atoms with E-state index in [4.69, 9.17) is 11.6 Å². The van der Waals surface area contributed by atoms with Gasteiger partial charge in [-0.15, -0.1) is 0 Å². The fraction of sp³-hybridized carbons (Fsp3) is 0.636. The number of hydrogen-bond acceptors (Lipinski definition) is 1. The highest BCUT2D eigenvalue weighted by molar-refractivity contribution is 6.32. The van der Waals surface area contributed by atoms with Gasteiger partial charge in [0.1, 0.15) is 0 Å². The molecule has 1 saturated heterocycles. The fourth-order valence-corrected chi connectivity index (χ4v) is 4.15. The van der Waals surface area contributed by atoms with E-state index in [1.54, 1.807) is 0 Å². The molecule has 1 nitrogen and oxygen atoms in total. The van der Waals surface area contributed by atoms with Gasteiger partial charge < -0.3 is 4.90 Å². The van der Waals surface area contributed by atoms with Gasteiger partial charge in [-0.1, -0.05) is 50.9 Å². The normalized spacial score (nSPS) is 26.5. The molecule has 0 bridgehead atoms. The zero-order chi connectivity index (χ0) is 18.3. The highest BCUT2D eigenvalue weighted by Crippen LogP contribution is 2.44. The summed E-state index contributed by atoms with van der Waals surface area (Å²) >= 11 is 6.75. The molecule has 24 heavy (non-hydrogen) atoms. The first kappa shape index (κ1) is 19.4. The molecule has 2 heteroatoms. The van der Waals surface area contributed by atoms with Gasteiger partial charge in [-0.3, -0.25) is 0 Å². The second-order valence-corrected chi connectivity index (χ2v) is 9.37. The third kappa shape index (κ3) is 3.82. The van der Waals surface area contributed by atoms with E-state index in [-0.39, 0.29) is 10.8 Å². The van der Waals surface area contributed by atoms with Crippen LogP contribution in [0.5, 0.6) is 0 Å². The lowest BCUT2D eigenvalue weighted by atomic mass is 9.84. The Morgan fingerprint density at radius 1 is 1.08 bits per heavy atom. The summed E-state index contributed by atoms with van der Waals surface area (Å²) in [4.78, 5) is 2.36. The Morgan fingerprint density at radius 2 is 1.71 bits per heavy atom. The summed E-state index contributed by atoms with van der Waals surface area (Å²) < 4.78 is 0. The maximum atomic E-state index is 6.75. The van der Waals surface area contributed by atoms with Gasteiger partial charge in [-0.25, -0.2) is 0 Å². The number of halogens is 1. The van der Waals surface area contributed by atoms with Crippen molar-refractivity contribution in [1.29, 1.82) is 0 Å². The minimum atomic E-state index is 0.233. The van der Waals surface area contributed by atoms with Gasteiger partial charge >= 0.3 is 0 Å². The minimum absolute atomic E-state index is 0.233. The molecule has 0 unspecified atom stereocenters. The summed E-state index contributed by atoms with van der Waals surface area (Å²) in [6, 6.07) is 0. The highest BCUT2D eigenvalue weighted by Gasteiger charge is 2.32. The molecule has 0 saturated carbocycles. The Balaban J connectivity index is 2.36. The van der Waals surface area contributed by atoms with Crippen LogP contribution in [0, 0.1) is 10.8 Å². The van der Waals surface area contributed by atoms with Crippen LogP contribution >= 0.6 is 11.6 Å². The minimum Gasteiger partial charge on any atom is -0.377 e. The van der Waals surface area contributed by atoms with Crippen LogP contribution in [0.25, 0.3) is 0 Å². The van der Waals surface area contributed by atoms with E-state index in [1.165, 1.54) is 41.7 Å². The third-order valence-electron chi connectivity index (χ3n) is 5.90. The van der Waals surface area contributed by atoms with E-state index >= 15 is 0 Å². The average Bonchev–Trinajstić information content (AvgIpc) is 2.89. The van der Waals surface area contributed by atoms with Crippen LogP contribution in [-0.4, -0.2) is 18.5 Å². The predicted molar refractivity (Wildman–Crippen MR) is 107 cm³/mol. The van der Waals surface area contributed by atoms with E-state index in [9.17, 15) is 0 Å². The third-order valence-corrected chi connectivity index (χ3v) is 6.49. The van der Waals surface area contributed by atoms with E-state index in [1.807, 2.05) is 0 Å². The first-order chi connectivity index (χ1) is 11.0. The van der Waals surface area contributed by atoms with E-state index in [2.05, 4.69) is 72.6 Å². The van der Waals surface area contributed by atoms with Crippen molar-refractivity contribution in [2.45, 2.75) is 67.7 Å². The van der Waals surface area contributed by atoms with E-state index < -0.39 is 0 Å². The van der Waals surface area contributed by atoms with Crippen LogP contribution in [0.15, 0.2) is 45.2 Å². The zero-order valence-electron chi connectivity index (χ0n) is 16.8. The molecule has 1 aliphatic heterocycles. The maximum Gasteiger partial charge on any atom is 0.0465 e. The lowest BCUT2D eigenvalue weighted by molar-refractivity contribution is 0.433. The second kappa shape index (κ2) is 6.75. The first-order valence-corrected chi connectivity index (χ1v) is 9.52. The van der Waals surface area contributed by atoms with Crippen molar-refractivity contribution in [2.24, 2.45) is 10.8 Å². The summed E-state index contributed by atoms with van der Waals surface area (Å²) in [5, 5.41) is 0.890. The molecule has 0 atom stereocenters. The predicted octanol–water partition coefficient (Wildman–Crippen LogP) is 6.83. The Bertz CT molecular complexity index is 641. The molecule has 0 aromatic rings. The molecule has 134 valence electrons. The SMILES string of the molecule is CC1=C(/C=C(C)/C(Cl)=C(C)/C=C2\N(C)CCC2(C)C)C(C)(C)CC1. The lowest BCUT2D eigenvalue weighted by Gasteiger charge is -2.24. The van der Waals surface area contributed by atoms with Crippen molar-refractivity contribution in [3.05, 3.63) is 45.2 Å². The Morgan fingerprint density at radius 3 is 2.17 bits per heavy atom. The Kier molecular flexibility index (Phi) is 5.45. The number of allylic oxidation sites excluding steroid dienone is 8. The molecular weight excluding hydrogens is 314 g/mol. The van der Waals surface area contributed by atoms with Gasteiger partial charge in [-0.2, -0.15) is 0 Å². The van der Waals surface area contributed by atoms with Gasteiger partial charge in [0.2, 0.25) is 0 Å². The zero-order valence-corrected chi connectivity index (χ0v) is 17.6. The number of hydrogen-bond donors (Lipinski definition) is 0. The molecule has 1 fully saturated rings. The molecule has 1 heterocycles. The van der Waals surface area contributed by atoms with Crippen molar-refractivity contribution in [3.8, 4) is 0 Å². The molecule has 0 aromatic heterocycles. The van der Waals surface area contributed by atoms with E-state index in [0.29, 0.717) is 0 Å². The van der Waals surface area contributed by atoms with Gasteiger partial charge in [0.15, 0.2) is 0 Å². The van der Waals surface area contributed by atoms with Crippen molar-refractivity contribution < 1.29 is 0 Å². The summed E-state index contributed by atoms with van der Waals surface area (Å²) in [6.45, 7) is 17.0. The van der Waals surface area contributed by atoms with Gasteiger partial charge in [0.25, 0.3) is 0 Å². The Labute approximate surface area is 154 Å². The molecule has 2 rings (SSSR count). The number of likely N-dealkylation sites (tertiary alicyclic amines) is 1. The fourth-order valence-electron chi connectivity index (χ4n) is 4.04. The summed E-state index contributed by atoms with van der Waals surface area (Å²) in [7, 11) is 2.18. The monoisotopic (exact) mass is 347 g/mol. The molecular formula is C22H34ClN. The quantitative estimate of drug-likeness (QED) is 0.506. The van der Waals surface area contributed by atoms with Gasteiger partial charge in [0, 0.05) is 29.7 Å². The van der Waals surface area contributed by atoms with Crippen LogP contribution in [0.3, 0.4) is 0 Å². The standard InChI is InChI=1S/C22H34ClN/c1-15-9-10-21(4,5)18(15)13-16(2)20(23)17(3)14-19-22(6,7)11-12-24(19)8/h13-14H,9-12H2,1-8H3/b16-13+,19-14-,20-17-. The molecule has 0 spiro atoms. The largest absolute Gasteiger partial charge is 0.377 e. The molecule has 2 aliphatic rings. The van der Waals surface area contributed by atoms with Gasteiger partial charge in [0.05, 0.1) is 0 Å². The lowest BCUT2D eigenvalue weighted by Crippen LogP contribution is -2.16. The number of nitrogens with zero attached hydrogens (tertiary/aromatic N) is 1. The molecule has 0 aromatic carbocycles. The molecule has 0 amide bonds.